The molecule has 0 aliphatic rings. The smallest absolute Gasteiger partial charge is 0.123 e. The van der Waals surface area contributed by atoms with Gasteiger partial charge in [-0.1, -0.05) is 0 Å². The molecule has 1 nitrogen and oxygen atoms in total. The van der Waals surface area contributed by atoms with Gasteiger partial charge in [-0.15, -0.1) is 11.3 Å². The Morgan fingerprint density at radius 1 is 1.25 bits per heavy atom. The summed E-state index contributed by atoms with van der Waals surface area (Å²) in [6.07, 6.45) is 0. The number of aryl methyl sites for hydroxylation is 1. The van der Waals surface area contributed by atoms with Crippen LogP contribution in [0.2, 0.25) is 0 Å². The van der Waals surface area contributed by atoms with Gasteiger partial charge in [0.25, 0.3) is 0 Å². The van der Waals surface area contributed by atoms with E-state index in [1.807, 2.05) is 6.07 Å². The first-order chi connectivity index (χ1) is 5.83. The third-order valence-electron chi connectivity index (χ3n) is 2.04. The Morgan fingerprint density at radius 2 is 2.08 bits per heavy atom. The molecule has 0 amide bonds. The highest BCUT2D eigenvalue weighted by atomic mass is 32.1. The van der Waals surface area contributed by atoms with E-state index in [-0.39, 0.29) is 0 Å². The summed E-state index contributed by atoms with van der Waals surface area (Å²) in [6.45, 7) is 2.09. The van der Waals surface area contributed by atoms with E-state index in [1.165, 1.54) is 15.6 Å². The zero-order valence-corrected chi connectivity index (χ0v) is 7.94. The monoisotopic (exact) mass is 178 g/mol. The number of thiophene rings is 1. The molecule has 0 atom stereocenters. The third kappa shape index (κ3) is 0.994. The first kappa shape index (κ1) is 7.62. The van der Waals surface area contributed by atoms with Gasteiger partial charge >= 0.3 is 0 Å². The van der Waals surface area contributed by atoms with E-state index in [9.17, 15) is 0 Å². The minimum Gasteiger partial charge on any atom is -0.496 e. The van der Waals surface area contributed by atoms with Crippen LogP contribution in [-0.4, -0.2) is 7.11 Å². The van der Waals surface area contributed by atoms with Crippen LogP contribution < -0.4 is 4.74 Å². The lowest BCUT2D eigenvalue weighted by atomic mass is 10.2. The zero-order chi connectivity index (χ0) is 8.55. The molecule has 0 saturated heterocycles. The summed E-state index contributed by atoms with van der Waals surface area (Å²) in [5.41, 5.74) is 1.24. The Balaban J connectivity index is 2.78. The predicted octanol–water partition coefficient (Wildman–Crippen LogP) is 3.22. The largest absolute Gasteiger partial charge is 0.496 e. The van der Waals surface area contributed by atoms with Gasteiger partial charge in [-0.3, -0.25) is 0 Å². The van der Waals surface area contributed by atoms with Crippen molar-refractivity contribution in [3.05, 3.63) is 29.1 Å². The molecule has 0 saturated carbocycles. The molecule has 0 radical (unpaired) electrons. The van der Waals surface area contributed by atoms with Crippen molar-refractivity contribution in [3.63, 3.8) is 0 Å². The van der Waals surface area contributed by atoms with E-state index in [0.717, 1.165) is 5.75 Å². The Hall–Kier alpha value is -1.02. The summed E-state index contributed by atoms with van der Waals surface area (Å²) < 4.78 is 6.56. The second kappa shape index (κ2) is 2.79. The Kier molecular flexibility index (Phi) is 1.77. The third-order valence-corrected chi connectivity index (χ3v) is 3.09. The van der Waals surface area contributed by atoms with E-state index in [1.54, 1.807) is 18.4 Å². The molecule has 62 valence electrons. The van der Waals surface area contributed by atoms with Gasteiger partial charge in [0.1, 0.15) is 5.75 Å². The highest BCUT2D eigenvalue weighted by Crippen LogP contribution is 2.30. The van der Waals surface area contributed by atoms with E-state index in [2.05, 4.69) is 24.4 Å². The topological polar surface area (TPSA) is 9.23 Å². The van der Waals surface area contributed by atoms with Crippen molar-refractivity contribution >= 4 is 21.4 Å². The maximum absolute atomic E-state index is 5.23. The minimum absolute atomic E-state index is 0.977. The normalized spacial score (nSPS) is 10.5. The van der Waals surface area contributed by atoms with E-state index >= 15 is 0 Å². The Labute approximate surface area is 75.6 Å². The van der Waals surface area contributed by atoms with Crippen LogP contribution >= 0.6 is 11.3 Å². The van der Waals surface area contributed by atoms with E-state index in [0.29, 0.717) is 0 Å². The number of hydrogen-bond acceptors (Lipinski definition) is 2. The average molecular weight is 178 g/mol. The average Bonchev–Trinajstić information content (AvgIpc) is 2.53. The molecule has 12 heavy (non-hydrogen) atoms. The molecule has 2 heteroatoms. The van der Waals surface area contributed by atoms with Crippen LogP contribution in [0.25, 0.3) is 10.1 Å². The lowest BCUT2D eigenvalue weighted by Crippen LogP contribution is -1.85. The van der Waals surface area contributed by atoms with Crippen LogP contribution in [0.5, 0.6) is 5.75 Å². The van der Waals surface area contributed by atoms with Crippen LogP contribution in [0.15, 0.2) is 23.6 Å². The molecule has 0 aliphatic heterocycles. The number of rotatable bonds is 1. The molecule has 0 N–H and O–H groups in total. The summed E-state index contributed by atoms with van der Waals surface area (Å²) in [5.74, 6) is 0.977. The molecule has 1 aromatic heterocycles. The van der Waals surface area contributed by atoms with Crippen molar-refractivity contribution < 1.29 is 4.74 Å². The summed E-state index contributed by atoms with van der Waals surface area (Å²) in [5, 5.41) is 3.41. The number of hydrogen-bond donors (Lipinski definition) is 0. The summed E-state index contributed by atoms with van der Waals surface area (Å²) in [7, 11) is 1.71. The van der Waals surface area contributed by atoms with Gasteiger partial charge in [0.05, 0.1) is 7.11 Å². The van der Waals surface area contributed by atoms with Gasteiger partial charge in [-0.05, 0) is 35.9 Å². The maximum Gasteiger partial charge on any atom is 0.123 e. The fourth-order valence-corrected chi connectivity index (χ4v) is 2.28. The van der Waals surface area contributed by atoms with Crippen LogP contribution in [0.1, 0.15) is 5.56 Å². The second-order valence-electron chi connectivity index (χ2n) is 2.73. The van der Waals surface area contributed by atoms with Crippen molar-refractivity contribution in [2.75, 3.05) is 7.11 Å². The molecule has 0 bridgehead atoms. The zero-order valence-electron chi connectivity index (χ0n) is 7.13. The Bertz CT molecular complexity index is 403. The van der Waals surface area contributed by atoms with Crippen LogP contribution in [0.3, 0.4) is 0 Å². The molecule has 0 fully saturated rings. The summed E-state index contributed by atoms with van der Waals surface area (Å²) >= 11 is 1.76. The fourth-order valence-electron chi connectivity index (χ4n) is 1.38. The highest BCUT2D eigenvalue weighted by molar-refractivity contribution is 7.17. The predicted molar refractivity (Wildman–Crippen MR) is 53.1 cm³/mol. The van der Waals surface area contributed by atoms with Gasteiger partial charge in [-0.2, -0.15) is 0 Å². The van der Waals surface area contributed by atoms with Crippen molar-refractivity contribution in [1.82, 2.24) is 0 Å². The van der Waals surface area contributed by atoms with Crippen LogP contribution in [0, 0.1) is 6.92 Å². The van der Waals surface area contributed by atoms with Crippen molar-refractivity contribution in [2.24, 2.45) is 0 Å². The van der Waals surface area contributed by atoms with Gasteiger partial charge in [-0.25, -0.2) is 0 Å². The molecular formula is C10H10OS. The lowest BCUT2D eigenvalue weighted by Gasteiger charge is -2.03. The molecule has 2 rings (SSSR count). The molecule has 0 aliphatic carbocycles. The second-order valence-corrected chi connectivity index (χ2v) is 3.65. The standard InChI is InChI=1S/C10H10OS/c1-7-9(11-2)4-3-8-5-6-12-10(7)8/h3-6H,1-2H3. The van der Waals surface area contributed by atoms with Gasteiger partial charge < -0.3 is 4.74 Å². The van der Waals surface area contributed by atoms with Crippen molar-refractivity contribution in [1.29, 1.82) is 0 Å². The molecular weight excluding hydrogens is 168 g/mol. The quantitative estimate of drug-likeness (QED) is 0.651. The maximum atomic E-state index is 5.23. The van der Waals surface area contributed by atoms with Crippen molar-refractivity contribution in [3.8, 4) is 5.75 Å². The first-order valence-corrected chi connectivity index (χ1v) is 4.71. The van der Waals surface area contributed by atoms with Crippen LogP contribution in [-0.2, 0) is 0 Å². The van der Waals surface area contributed by atoms with Crippen molar-refractivity contribution in [2.45, 2.75) is 6.92 Å². The lowest BCUT2D eigenvalue weighted by molar-refractivity contribution is 0.412. The SMILES string of the molecule is COc1ccc2ccsc2c1C. The number of benzene rings is 1. The number of fused-ring (bicyclic) bond motifs is 1. The van der Waals surface area contributed by atoms with E-state index in [4.69, 9.17) is 4.74 Å². The Morgan fingerprint density at radius 3 is 2.83 bits per heavy atom. The molecule has 1 heterocycles. The highest BCUT2D eigenvalue weighted by Gasteiger charge is 2.03. The molecule has 0 spiro atoms. The van der Waals surface area contributed by atoms with Gasteiger partial charge in [0.2, 0.25) is 0 Å². The summed E-state index contributed by atoms with van der Waals surface area (Å²) in [6, 6.07) is 6.24. The fraction of sp³-hybridized carbons (Fsp3) is 0.200. The van der Waals surface area contributed by atoms with Gasteiger partial charge in [0.15, 0.2) is 0 Å². The molecule has 2 aromatic rings. The molecule has 0 unspecified atom stereocenters. The summed E-state index contributed by atoms with van der Waals surface area (Å²) in [4.78, 5) is 0. The van der Waals surface area contributed by atoms with Gasteiger partial charge in [0, 0.05) is 10.3 Å². The van der Waals surface area contributed by atoms with E-state index < -0.39 is 0 Å². The molecule has 1 aromatic carbocycles. The first-order valence-electron chi connectivity index (χ1n) is 3.83. The number of methoxy groups -OCH3 is 1. The van der Waals surface area contributed by atoms with Crippen LogP contribution in [0.4, 0.5) is 0 Å². The minimum atomic E-state index is 0.977. The number of ether oxygens (including phenoxy) is 1.